The Labute approximate surface area is 139 Å². The number of carboxylic acid groups (broad SMARTS) is 1. The lowest BCUT2D eigenvalue weighted by atomic mass is 10.1. The summed E-state index contributed by atoms with van der Waals surface area (Å²) in [6, 6.07) is 7.38. The minimum absolute atomic E-state index is 0.254. The highest BCUT2D eigenvalue weighted by atomic mass is 32.1. The predicted octanol–water partition coefficient (Wildman–Crippen LogP) is 4.12. The summed E-state index contributed by atoms with van der Waals surface area (Å²) in [5.74, 6) is -0.416. The van der Waals surface area contributed by atoms with E-state index < -0.39 is 5.97 Å². The molecule has 0 fully saturated rings. The van der Waals surface area contributed by atoms with Gasteiger partial charge in [-0.15, -0.1) is 11.3 Å². The quantitative estimate of drug-likeness (QED) is 0.772. The Morgan fingerprint density at radius 3 is 2.78 bits per heavy atom. The lowest BCUT2D eigenvalue weighted by Gasteiger charge is -2.08. The molecule has 1 N–H and O–H groups in total. The monoisotopic (exact) mass is 330 g/mol. The first-order chi connectivity index (χ1) is 11.1. The number of hydrogen-bond acceptors (Lipinski definition) is 5. The second-order valence-electron chi connectivity index (χ2n) is 4.98. The lowest BCUT2D eigenvalue weighted by molar-refractivity contribution is 0.0701. The molecule has 0 saturated carbocycles. The van der Waals surface area contributed by atoms with Gasteiger partial charge in [0.25, 0.3) is 0 Å². The van der Waals surface area contributed by atoms with Crippen LogP contribution in [0.3, 0.4) is 0 Å². The first-order valence-corrected chi connectivity index (χ1v) is 8.32. The van der Waals surface area contributed by atoms with Crippen molar-refractivity contribution in [2.75, 3.05) is 6.61 Å². The molecule has 0 saturated heterocycles. The molecule has 0 amide bonds. The van der Waals surface area contributed by atoms with Crippen molar-refractivity contribution in [2.24, 2.45) is 0 Å². The van der Waals surface area contributed by atoms with Gasteiger partial charge in [0, 0.05) is 5.56 Å². The van der Waals surface area contributed by atoms with Gasteiger partial charge >= 0.3 is 5.97 Å². The predicted molar refractivity (Wildman–Crippen MR) is 89.0 cm³/mol. The first kappa shape index (κ1) is 17.0. The summed E-state index contributed by atoms with van der Waals surface area (Å²) in [6.45, 7) is 4.52. The van der Waals surface area contributed by atoms with Crippen LogP contribution in [0.5, 0.6) is 5.75 Å². The van der Waals surface area contributed by atoms with Gasteiger partial charge < -0.3 is 9.84 Å². The number of carboxylic acids is 1. The molecule has 0 bridgehead atoms. The number of thiazole rings is 1. The molecule has 0 aliphatic rings. The Bertz CT molecular complexity index is 747. The number of rotatable bonds is 7. The van der Waals surface area contributed by atoms with E-state index in [9.17, 15) is 15.2 Å². The Morgan fingerprint density at radius 2 is 2.22 bits per heavy atom. The highest BCUT2D eigenvalue weighted by Crippen LogP contribution is 2.31. The number of carbonyl (C=O) groups is 1. The molecule has 6 heteroatoms. The highest BCUT2D eigenvalue weighted by Gasteiger charge is 2.17. The third-order valence-corrected chi connectivity index (χ3v) is 4.46. The molecular weight excluding hydrogens is 312 g/mol. The second kappa shape index (κ2) is 7.75. The molecule has 1 aromatic carbocycles. The van der Waals surface area contributed by atoms with Gasteiger partial charge in [0.15, 0.2) is 0 Å². The molecule has 120 valence electrons. The number of benzene rings is 1. The highest BCUT2D eigenvalue weighted by molar-refractivity contribution is 7.17. The van der Waals surface area contributed by atoms with Gasteiger partial charge in [-0.25, -0.2) is 9.78 Å². The van der Waals surface area contributed by atoms with Crippen molar-refractivity contribution in [3.05, 3.63) is 34.3 Å². The number of ether oxygens (including phenoxy) is 1. The van der Waals surface area contributed by atoms with E-state index >= 15 is 0 Å². The van der Waals surface area contributed by atoms with Crippen LogP contribution in [0, 0.1) is 11.3 Å². The van der Waals surface area contributed by atoms with E-state index in [0.717, 1.165) is 29.7 Å². The second-order valence-corrected chi connectivity index (χ2v) is 5.98. The minimum atomic E-state index is -0.967. The first-order valence-electron chi connectivity index (χ1n) is 7.51. The van der Waals surface area contributed by atoms with Gasteiger partial charge in [-0.05, 0) is 31.0 Å². The summed E-state index contributed by atoms with van der Waals surface area (Å²) >= 11 is 1.13. The molecular formula is C17H18N2O3S. The largest absolute Gasteiger partial charge is 0.492 e. The topological polar surface area (TPSA) is 83.2 Å². The van der Waals surface area contributed by atoms with Gasteiger partial charge in [0.1, 0.15) is 21.7 Å². The van der Waals surface area contributed by atoms with Crippen LogP contribution in [-0.4, -0.2) is 22.7 Å². The van der Waals surface area contributed by atoms with Crippen LogP contribution in [0.2, 0.25) is 0 Å². The number of hydrogen-bond donors (Lipinski definition) is 1. The molecule has 0 atom stereocenters. The van der Waals surface area contributed by atoms with E-state index in [1.807, 2.05) is 13.0 Å². The van der Waals surface area contributed by atoms with Gasteiger partial charge in [0.2, 0.25) is 0 Å². The van der Waals surface area contributed by atoms with E-state index in [2.05, 4.69) is 18.0 Å². The van der Waals surface area contributed by atoms with Gasteiger partial charge in [-0.2, -0.15) is 5.26 Å². The fraction of sp³-hybridized carbons (Fsp3) is 0.353. The molecule has 0 unspecified atom stereocenters. The van der Waals surface area contributed by atoms with Crippen LogP contribution in [0.1, 0.15) is 47.6 Å². The Kier molecular flexibility index (Phi) is 5.72. The van der Waals surface area contributed by atoms with Crippen molar-refractivity contribution in [3.63, 3.8) is 0 Å². The maximum absolute atomic E-state index is 11.2. The van der Waals surface area contributed by atoms with Crippen LogP contribution in [0.4, 0.5) is 0 Å². The average molecular weight is 330 g/mol. The molecule has 0 aliphatic carbocycles. The smallest absolute Gasteiger partial charge is 0.347 e. The Morgan fingerprint density at radius 1 is 1.43 bits per heavy atom. The van der Waals surface area contributed by atoms with Gasteiger partial charge in [-0.1, -0.05) is 20.3 Å². The number of nitrogens with zero attached hydrogens (tertiary/aromatic N) is 2. The molecule has 1 aromatic heterocycles. The molecule has 0 spiro atoms. The van der Waals surface area contributed by atoms with Crippen molar-refractivity contribution in [2.45, 2.75) is 33.1 Å². The normalized spacial score (nSPS) is 10.3. The standard InChI is InChI=1S/C17H18N2O3S/c1-3-5-8-22-14-7-6-11(9-12(14)10-18)16-19-13(4-2)15(23-16)17(20)21/h6-7,9H,3-5,8H2,1-2H3,(H,20,21). The SMILES string of the molecule is CCCCOc1ccc(-c2nc(CC)c(C(=O)O)s2)cc1C#N. The van der Waals surface area contributed by atoms with Crippen molar-refractivity contribution < 1.29 is 14.6 Å². The van der Waals surface area contributed by atoms with Crippen molar-refractivity contribution in [1.82, 2.24) is 4.98 Å². The van der Waals surface area contributed by atoms with Crippen molar-refractivity contribution in [3.8, 4) is 22.4 Å². The molecule has 2 aromatic rings. The number of aryl methyl sites for hydroxylation is 1. The Hall–Kier alpha value is -2.39. The third-order valence-electron chi connectivity index (χ3n) is 3.33. The number of aromatic nitrogens is 1. The fourth-order valence-corrected chi connectivity index (χ4v) is 3.07. The van der Waals surface area contributed by atoms with E-state index in [-0.39, 0.29) is 4.88 Å². The summed E-state index contributed by atoms with van der Waals surface area (Å²) in [7, 11) is 0. The van der Waals surface area contributed by atoms with E-state index in [4.69, 9.17) is 4.74 Å². The maximum atomic E-state index is 11.2. The molecule has 5 nitrogen and oxygen atoms in total. The minimum Gasteiger partial charge on any atom is -0.492 e. The van der Waals surface area contributed by atoms with Crippen molar-refractivity contribution >= 4 is 17.3 Å². The zero-order valence-electron chi connectivity index (χ0n) is 13.1. The summed E-state index contributed by atoms with van der Waals surface area (Å²) in [5, 5.41) is 19.1. The van der Waals surface area contributed by atoms with Gasteiger partial charge in [0.05, 0.1) is 17.9 Å². The van der Waals surface area contributed by atoms with Crippen LogP contribution in [0.15, 0.2) is 18.2 Å². The van der Waals surface area contributed by atoms with Crippen LogP contribution in [-0.2, 0) is 6.42 Å². The van der Waals surface area contributed by atoms with Gasteiger partial charge in [-0.3, -0.25) is 0 Å². The van der Waals surface area contributed by atoms with Crippen LogP contribution in [0.25, 0.3) is 10.6 Å². The summed E-state index contributed by atoms with van der Waals surface area (Å²) < 4.78 is 5.61. The van der Waals surface area contributed by atoms with Crippen molar-refractivity contribution in [1.29, 1.82) is 5.26 Å². The molecule has 2 rings (SSSR count). The number of nitriles is 1. The molecule has 0 radical (unpaired) electrons. The molecule has 1 heterocycles. The summed E-state index contributed by atoms with van der Waals surface area (Å²) in [4.78, 5) is 15.9. The summed E-state index contributed by atoms with van der Waals surface area (Å²) in [5.41, 5.74) is 1.74. The lowest BCUT2D eigenvalue weighted by Crippen LogP contribution is -1.98. The van der Waals surface area contributed by atoms with Crippen LogP contribution >= 0.6 is 11.3 Å². The number of unbranched alkanes of at least 4 members (excludes halogenated alkanes) is 1. The van der Waals surface area contributed by atoms with E-state index in [1.165, 1.54) is 0 Å². The zero-order valence-corrected chi connectivity index (χ0v) is 13.9. The summed E-state index contributed by atoms with van der Waals surface area (Å²) in [6.07, 6.45) is 2.51. The fourth-order valence-electron chi connectivity index (χ4n) is 2.08. The average Bonchev–Trinajstić information content (AvgIpc) is 3.00. The van der Waals surface area contributed by atoms with Crippen LogP contribution < -0.4 is 4.74 Å². The zero-order chi connectivity index (χ0) is 16.8. The maximum Gasteiger partial charge on any atom is 0.347 e. The number of aromatic carboxylic acids is 1. The van der Waals surface area contributed by atoms with E-state index in [0.29, 0.717) is 35.0 Å². The third kappa shape index (κ3) is 3.88. The Balaban J connectivity index is 2.34. The molecule has 0 aliphatic heterocycles. The molecule has 23 heavy (non-hydrogen) atoms. The van der Waals surface area contributed by atoms with E-state index in [1.54, 1.807) is 12.1 Å².